The topological polar surface area (TPSA) is 83.8 Å². The Morgan fingerprint density at radius 1 is 0.852 bits per heavy atom. The van der Waals surface area contributed by atoms with Gasteiger partial charge in [-0.3, -0.25) is 0 Å². The molecule has 0 heterocycles. The SMILES string of the molecule is O=C(O)COc1ccc(CCCCCCCCCCC(Cl)(Cl)C(=O)O)cc1. The van der Waals surface area contributed by atoms with Crippen molar-refractivity contribution < 1.29 is 24.5 Å². The van der Waals surface area contributed by atoms with Crippen LogP contribution in [0.25, 0.3) is 0 Å². The largest absolute Gasteiger partial charge is 0.482 e. The molecule has 0 amide bonds. The molecule has 0 saturated carbocycles. The average molecular weight is 419 g/mol. The fourth-order valence-corrected chi connectivity index (χ4v) is 3.01. The molecule has 0 aliphatic heterocycles. The first kappa shape index (κ1) is 23.6. The highest BCUT2D eigenvalue weighted by molar-refractivity contribution is 6.57. The summed E-state index contributed by atoms with van der Waals surface area (Å²) in [7, 11) is 0. The van der Waals surface area contributed by atoms with Crippen molar-refractivity contribution in [1.29, 1.82) is 0 Å². The van der Waals surface area contributed by atoms with E-state index in [4.69, 9.17) is 38.2 Å². The zero-order valence-electron chi connectivity index (χ0n) is 15.5. The van der Waals surface area contributed by atoms with Gasteiger partial charge in [0.2, 0.25) is 4.33 Å². The van der Waals surface area contributed by atoms with Crippen molar-refractivity contribution in [2.45, 2.75) is 68.5 Å². The molecule has 2 N–H and O–H groups in total. The smallest absolute Gasteiger partial charge is 0.341 e. The third-order valence-corrected chi connectivity index (χ3v) is 5.01. The van der Waals surface area contributed by atoms with Gasteiger partial charge >= 0.3 is 11.9 Å². The van der Waals surface area contributed by atoms with Gasteiger partial charge in [-0.05, 0) is 43.4 Å². The number of ether oxygens (including phenoxy) is 1. The van der Waals surface area contributed by atoms with E-state index >= 15 is 0 Å². The molecule has 0 saturated heterocycles. The molecule has 0 radical (unpaired) electrons. The Morgan fingerprint density at radius 2 is 1.37 bits per heavy atom. The average Bonchev–Trinajstić information content (AvgIpc) is 2.62. The van der Waals surface area contributed by atoms with Crippen LogP contribution in [0.4, 0.5) is 0 Å². The van der Waals surface area contributed by atoms with Crippen molar-refractivity contribution in [3.63, 3.8) is 0 Å². The van der Waals surface area contributed by atoms with Gasteiger partial charge in [0.25, 0.3) is 0 Å². The van der Waals surface area contributed by atoms with Crippen LogP contribution in [0.3, 0.4) is 0 Å². The Labute approximate surface area is 170 Å². The molecule has 27 heavy (non-hydrogen) atoms. The number of alkyl halides is 2. The molecule has 0 unspecified atom stereocenters. The molecule has 0 aliphatic rings. The molecule has 0 aromatic heterocycles. The molecule has 7 heteroatoms. The summed E-state index contributed by atoms with van der Waals surface area (Å²) in [6.07, 6.45) is 9.82. The Bertz CT molecular complexity index is 572. The van der Waals surface area contributed by atoms with Gasteiger partial charge in [-0.2, -0.15) is 0 Å². The monoisotopic (exact) mass is 418 g/mol. The summed E-state index contributed by atoms with van der Waals surface area (Å²) >= 11 is 11.4. The molecule has 0 aliphatic carbocycles. The summed E-state index contributed by atoms with van der Waals surface area (Å²) in [6, 6.07) is 7.56. The normalized spacial score (nSPS) is 11.3. The molecule has 0 spiro atoms. The van der Waals surface area contributed by atoms with Crippen LogP contribution < -0.4 is 4.74 Å². The van der Waals surface area contributed by atoms with E-state index in [0.29, 0.717) is 5.75 Å². The fourth-order valence-electron chi connectivity index (χ4n) is 2.74. The molecule has 0 bridgehead atoms. The predicted molar refractivity (Wildman–Crippen MR) is 107 cm³/mol. The maximum Gasteiger partial charge on any atom is 0.341 e. The summed E-state index contributed by atoms with van der Waals surface area (Å²) in [5.41, 5.74) is 1.22. The molecular weight excluding hydrogens is 391 g/mol. The number of hydrogen-bond donors (Lipinski definition) is 2. The van der Waals surface area contributed by atoms with Gasteiger partial charge in [0.15, 0.2) is 6.61 Å². The number of unbranched alkanes of at least 4 members (excludes halogenated alkanes) is 7. The van der Waals surface area contributed by atoms with Crippen molar-refractivity contribution >= 4 is 35.1 Å². The van der Waals surface area contributed by atoms with E-state index in [0.717, 1.165) is 38.5 Å². The van der Waals surface area contributed by atoms with E-state index in [1.54, 1.807) is 12.1 Å². The number of carboxylic acid groups (broad SMARTS) is 2. The number of rotatable bonds is 15. The molecular formula is C20H28Cl2O5. The van der Waals surface area contributed by atoms with Gasteiger partial charge in [-0.25, -0.2) is 9.59 Å². The highest BCUT2D eigenvalue weighted by Gasteiger charge is 2.32. The van der Waals surface area contributed by atoms with Crippen molar-refractivity contribution in [3.05, 3.63) is 29.8 Å². The van der Waals surface area contributed by atoms with Crippen LogP contribution in [-0.4, -0.2) is 33.1 Å². The van der Waals surface area contributed by atoms with Crippen LogP contribution in [0.2, 0.25) is 0 Å². The first-order chi connectivity index (χ1) is 12.8. The fraction of sp³-hybridized carbons (Fsp3) is 0.600. The number of carbonyl (C=O) groups is 2. The molecule has 0 atom stereocenters. The van der Waals surface area contributed by atoms with Gasteiger partial charge in [0, 0.05) is 0 Å². The number of aliphatic carboxylic acids is 2. The molecule has 1 aromatic carbocycles. The second-order valence-corrected chi connectivity index (χ2v) is 8.15. The van der Waals surface area contributed by atoms with Gasteiger partial charge in [0.05, 0.1) is 0 Å². The molecule has 1 rings (SSSR count). The second-order valence-electron chi connectivity index (χ2n) is 6.66. The van der Waals surface area contributed by atoms with E-state index in [1.165, 1.54) is 24.8 Å². The van der Waals surface area contributed by atoms with Crippen LogP contribution in [0.15, 0.2) is 24.3 Å². The summed E-state index contributed by atoms with van der Waals surface area (Å²) < 4.78 is 3.46. The van der Waals surface area contributed by atoms with Crippen molar-refractivity contribution in [3.8, 4) is 5.75 Å². The lowest BCUT2D eigenvalue weighted by Crippen LogP contribution is -2.25. The summed E-state index contributed by atoms with van der Waals surface area (Å²) in [5.74, 6) is -1.58. The van der Waals surface area contributed by atoms with Crippen LogP contribution in [0.1, 0.15) is 63.4 Å². The number of aryl methyl sites for hydroxylation is 1. The van der Waals surface area contributed by atoms with Gasteiger partial charge in [-0.1, -0.05) is 73.9 Å². The zero-order chi connectivity index (χ0) is 20.1. The highest BCUT2D eigenvalue weighted by Crippen LogP contribution is 2.28. The van der Waals surface area contributed by atoms with E-state index in [-0.39, 0.29) is 13.0 Å². The van der Waals surface area contributed by atoms with E-state index in [1.807, 2.05) is 12.1 Å². The Morgan fingerprint density at radius 3 is 1.89 bits per heavy atom. The lowest BCUT2D eigenvalue weighted by Gasteiger charge is -2.13. The zero-order valence-corrected chi connectivity index (χ0v) is 17.0. The molecule has 5 nitrogen and oxygen atoms in total. The highest BCUT2D eigenvalue weighted by atomic mass is 35.5. The number of carboxylic acids is 2. The van der Waals surface area contributed by atoms with E-state index < -0.39 is 16.3 Å². The molecule has 1 aromatic rings. The Balaban J connectivity index is 2.00. The maximum atomic E-state index is 10.8. The summed E-state index contributed by atoms with van der Waals surface area (Å²) in [5, 5.41) is 17.4. The van der Waals surface area contributed by atoms with Crippen LogP contribution >= 0.6 is 23.2 Å². The first-order valence-electron chi connectivity index (χ1n) is 9.36. The minimum Gasteiger partial charge on any atom is -0.482 e. The lowest BCUT2D eigenvalue weighted by molar-refractivity contribution is -0.139. The number of hydrogen-bond acceptors (Lipinski definition) is 3. The maximum absolute atomic E-state index is 10.8. The Hall–Kier alpha value is -1.46. The lowest BCUT2D eigenvalue weighted by atomic mass is 10.0. The first-order valence-corrected chi connectivity index (χ1v) is 10.1. The van der Waals surface area contributed by atoms with E-state index in [9.17, 15) is 9.59 Å². The second kappa shape index (κ2) is 12.8. The van der Waals surface area contributed by atoms with Gasteiger partial charge in [0.1, 0.15) is 5.75 Å². The van der Waals surface area contributed by atoms with Crippen molar-refractivity contribution in [2.24, 2.45) is 0 Å². The molecule has 0 fully saturated rings. The number of halogens is 2. The van der Waals surface area contributed by atoms with E-state index in [2.05, 4.69) is 0 Å². The predicted octanol–water partition coefficient (Wildman–Crippen LogP) is 5.46. The molecule has 152 valence electrons. The summed E-state index contributed by atoms with van der Waals surface area (Å²) in [4.78, 5) is 21.2. The van der Waals surface area contributed by atoms with Crippen LogP contribution in [-0.2, 0) is 16.0 Å². The van der Waals surface area contributed by atoms with Crippen molar-refractivity contribution in [1.82, 2.24) is 0 Å². The minimum atomic E-state index is -1.65. The number of benzene rings is 1. The van der Waals surface area contributed by atoms with Crippen LogP contribution in [0, 0.1) is 0 Å². The minimum absolute atomic E-state index is 0.283. The van der Waals surface area contributed by atoms with Gasteiger partial charge < -0.3 is 14.9 Å². The standard InChI is InChI=1S/C20H28Cl2O5/c21-20(22,19(25)26)14-8-6-4-2-1-3-5-7-9-16-10-12-17(13-11-16)27-15-18(23)24/h10-13H,1-9,14-15H2,(H,23,24)(H,25,26). The van der Waals surface area contributed by atoms with Crippen molar-refractivity contribution in [2.75, 3.05) is 6.61 Å². The Kier molecular flexibility index (Phi) is 11.2. The van der Waals surface area contributed by atoms with Gasteiger partial charge in [-0.15, -0.1) is 0 Å². The third-order valence-electron chi connectivity index (χ3n) is 4.30. The third kappa shape index (κ3) is 11.1. The summed E-state index contributed by atoms with van der Waals surface area (Å²) in [6.45, 7) is -0.322. The van der Waals surface area contributed by atoms with Crippen LogP contribution in [0.5, 0.6) is 5.75 Å². The quantitative estimate of drug-likeness (QED) is 0.291.